The Morgan fingerprint density at radius 2 is 1.77 bits per heavy atom. The Bertz CT molecular complexity index is 1190. The molecule has 1 aromatic rings. The first-order chi connectivity index (χ1) is 18.3. The van der Waals surface area contributed by atoms with E-state index < -0.39 is 47.0 Å². The van der Waals surface area contributed by atoms with Gasteiger partial charge in [-0.15, -0.1) is 11.3 Å². The summed E-state index contributed by atoms with van der Waals surface area (Å²) in [7, 11) is 0. The molecule has 0 aromatic carbocycles. The molecule has 212 valence electrons. The maximum absolute atomic E-state index is 13.2. The number of ketones is 1. The van der Waals surface area contributed by atoms with Gasteiger partial charge in [-0.2, -0.15) is 0 Å². The molecule has 3 aliphatic rings. The topological polar surface area (TPSA) is 96.0 Å². The highest BCUT2D eigenvalue weighted by Crippen LogP contribution is 2.60. The second-order valence-corrected chi connectivity index (χ2v) is 13.1. The lowest BCUT2D eigenvalue weighted by Gasteiger charge is -2.58. The lowest BCUT2D eigenvalue weighted by molar-refractivity contribution is -0.184. The van der Waals surface area contributed by atoms with Crippen molar-refractivity contribution in [3.8, 4) is 0 Å². The first-order valence-electron chi connectivity index (χ1n) is 13.7. The van der Waals surface area contributed by atoms with E-state index >= 15 is 0 Å². The number of carbonyl (C=O) groups is 4. The quantitative estimate of drug-likeness (QED) is 0.250. The van der Waals surface area contributed by atoms with Crippen molar-refractivity contribution in [2.75, 3.05) is 0 Å². The normalized spacial score (nSPS) is 32.0. The van der Waals surface area contributed by atoms with Gasteiger partial charge in [0.1, 0.15) is 18.3 Å². The average molecular weight is 557 g/mol. The van der Waals surface area contributed by atoms with Crippen molar-refractivity contribution in [1.82, 2.24) is 0 Å². The minimum Gasteiger partial charge on any atom is -0.462 e. The van der Waals surface area contributed by atoms with Crippen molar-refractivity contribution in [2.24, 2.45) is 22.7 Å². The number of hydrogen-bond donors (Lipinski definition) is 0. The number of carbonyl (C=O) groups excluding carboxylic acids is 4. The smallest absolute Gasteiger partial charge is 0.306 e. The molecule has 39 heavy (non-hydrogen) atoms. The van der Waals surface area contributed by atoms with Crippen molar-refractivity contribution >= 4 is 35.0 Å². The highest BCUT2D eigenvalue weighted by Gasteiger charge is 2.60. The summed E-state index contributed by atoms with van der Waals surface area (Å²) in [5.74, 6) is -1.95. The van der Waals surface area contributed by atoms with Crippen LogP contribution in [0.25, 0.3) is 0 Å². The molecule has 0 spiro atoms. The number of allylic oxidation sites excluding steroid dienone is 1. The van der Waals surface area contributed by atoms with Gasteiger partial charge < -0.3 is 14.2 Å². The van der Waals surface area contributed by atoms with Gasteiger partial charge in [-0.25, -0.2) is 0 Å². The molecule has 0 aliphatic heterocycles. The fraction of sp³-hybridized carbons (Fsp3) is 0.613. The van der Waals surface area contributed by atoms with Gasteiger partial charge in [0.25, 0.3) is 0 Å². The Morgan fingerprint density at radius 1 is 1.08 bits per heavy atom. The second kappa shape index (κ2) is 11.0. The van der Waals surface area contributed by atoms with Crippen LogP contribution < -0.4 is 0 Å². The summed E-state index contributed by atoms with van der Waals surface area (Å²) in [5, 5.41) is 1.98. The van der Waals surface area contributed by atoms with E-state index in [1.807, 2.05) is 31.4 Å². The summed E-state index contributed by atoms with van der Waals surface area (Å²) in [6.07, 6.45) is 0.780. The molecule has 7 nitrogen and oxygen atoms in total. The Labute approximate surface area is 235 Å². The van der Waals surface area contributed by atoms with Gasteiger partial charge in [0, 0.05) is 48.8 Å². The van der Waals surface area contributed by atoms with Crippen LogP contribution in [0, 0.1) is 22.7 Å². The van der Waals surface area contributed by atoms with E-state index in [4.69, 9.17) is 14.2 Å². The zero-order chi connectivity index (χ0) is 28.7. The lowest BCUT2D eigenvalue weighted by Crippen LogP contribution is -2.59. The maximum atomic E-state index is 13.2. The maximum Gasteiger partial charge on any atom is 0.306 e. The minimum atomic E-state index is -0.701. The van der Waals surface area contributed by atoms with Crippen molar-refractivity contribution in [2.45, 2.75) is 98.4 Å². The Kier molecular flexibility index (Phi) is 8.27. The molecule has 3 aliphatic carbocycles. The summed E-state index contributed by atoms with van der Waals surface area (Å²) >= 11 is 1.60. The van der Waals surface area contributed by atoms with Crippen molar-refractivity contribution in [3.05, 3.63) is 45.7 Å². The van der Waals surface area contributed by atoms with Gasteiger partial charge in [-0.3, -0.25) is 19.2 Å². The van der Waals surface area contributed by atoms with Gasteiger partial charge >= 0.3 is 17.9 Å². The number of hydrogen-bond acceptors (Lipinski definition) is 8. The number of ether oxygens (including phenoxy) is 3. The van der Waals surface area contributed by atoms with E-state index in [0.717, 1.165) is 10.5 Å². The molecular weight excluding hydrogens is 516 g/mol. The molecule has 1 heterocycles. The number of thiophene rings is 1. The van der Waals surface area contributed by atoms with Crippen LogP contribution in [0.15, 0.2) is 40.8 Å². The van der Waals surface area contributed by atoms with Crippen LogP contribution in [0.2, 0.25) is 0 Å². The van der Waals surface area contributed by atoms with E-state index in [1.54, 1.807) is 11.3 Å². The molecule has 0 saturated heterocycles. The van der Waals surface area contributed by atoms with Crippen LogP contribution in [0.3, 0.4) is 0 Å². The fourth-order valence-electron chi connectivity index (χ4n) is 7.18. The predicted octanol–water partition coefficient (Wildman–Crippen LogP) is 5.76. The summed E-state index contributed by atoms with van der Waals surface area (Å²) in [4.78, 5) is 52.1. The Morgan fingerprint density at radius 3 is 2.38 bits per heavy atom. The number of rotatable bonds is 6. The third kappa shape index (κ3) is 5.63. The van der Waals surface area contributed by atoms with Crippen molar-refractivity contribution < 1.29 is 33.4 Å². The molecule has 1 aromatic heterocycles. The third-order valence-corrected chi connectivity index (χ3v) is 10.3. The van der Waals surface area contributed by atoms with Gasteiger partial charge in [-0.1, -0.05) is 39.0 Å². The molecule has 2 bridgehead atoms. The lowest BCUT2D eigenvalue weighted by atomic mass is 9.50. The van der Waals surface area contributed by atoms with Crippen LogP contribution in [-0.4, -0.2) is 42.0 Å². The summed E-state index contributed by atoms with van der Waals surface area (Å²) in [5.41, 5.74) is 1.14. The molecule has 8 heteroatoms. The molecule has 0 N–H and O–H groups in total. The van der Waals surface area contributed by atoms with Gasteiger partial charge in [-0.05, 0) is 54.2 Å². The first kappa shape index (κ1) is 29.2. The van der Waals surface area contributed by atoms with E-state index in [2.05, 4.69) is 20.4 Å². The van der Waals surface area contributed by atoms with Crippen LogP contribution in [0.1, 0.15) is 78.5 Å². The predicted molar refractivity (Wildman–Crippen MR) is 148 cm³/mol. The van der Waals surface area contributed by atoms with Crippen LogP contribution in [-0.2, 0) is 39.8 Å². The monoisotopic (exact) mass is 556 g/mol. The molecule has 2 fully saturated rings. The average Bonchev–Trinajstić information content (AvgIpc) is 3.36. The number of aryl methyl sites for hydroxylation is 1. The molecular formula is C31H40O7S. The first-order valence-corrected chi connectivity index (χ1v) is 14.6. The second-order valence-electron chi connectivity index (χ2n) is 12.1. The van der Waals surface area contributed by atoms with Crippen LogP contribution in [0.5, 0.6) is 0 Å². The summed E-state index contributed by atoms with van der Waals surface area (Å²) in [6, 6.07) is 3.95. The minimum absolute atomic E-state index is 0.00892. The molecule has 2 unspecified atom stereocenters. The molecule has 6 atom stereocenters. The van der Waals surface area contributed by atoms with Crippen LogP contribution >= 0.6 is 11.3 Å². The SMILES string of the molecule is C=C1C2[C@H](OC(C)=O)C3CC(=O)C(C)=C(C[C@@H](OC(C)=O)[C@]2(C)CC[C@@H]1OC(=O)CCc1cccs1)C3(C)C. The van der Waals surface area contributed by atoms with Crippen molar-refractivity contribution in [1.29, 1.82) is 0 Å². The molecule has 0 radical (unpaired) electrons. The van der Waals surface area contributed by atoms with E-state index in [9.17, 15) is 19.2 Å². The molecule has 0 amide bonds. The zero-order valence-electron chi connectivity index (χ0n) is 23.8. The number of Topliss-reactive ketones (excluding diaryl/α,β-unsaturated/α-hetero) is 1. The van der Waals surface area contributed by atoms with Crippen molar-refractivity contribution in [3.63, 3.8) is 0 Å². The number of fused-ring (bicyclic) bond motifs is 3. The zero-order valence-corrected chi connectivity index (χ0v) is 24.7. The van der Waals surface area contributed by atoms with E-state index in [-0.39, 0.29) is 30.5 Å². The van der Waals surface area contributed by atoms with E-state index in [0.29, 0.717) is 36.8 Å². The third-order valence-electron chi connectivity index (χ3n) is 9.34. The Balaban J connectivity index is 1.74. The summed E-state index contributed by atoms with van der Waals surface area (Å²) < 4.78 is 18.1. The number of esters is 3. The molecule has 4 rings (SSSR count). The summed E-state index contributed by atoms with van der Waals surface area (Å²) in [6.45, 7) is 15.2. The van der Waals surface area contributed by atoms with Gasteiger partial charge in [0.15, 0.2) is 5.78 Å². The Hall–Kier alpha value is -2.74. The standard InChI is InChI=1S/C31H40O7S/c1-17-22-16-26(36-19(3)32)31(7)13-12-25(38-27(35)11-10-21-9-8-14-39-21)18(2)28(31)29(37-20(4)33)23(15-24(17)34)30(22,5)6/h8-9,14,23,25-26,28-29H,2,10-13,15-16H2,1,3-7H3/t23?,25-,26+,28?,29+,31-/m0/s1. The van der Waals surface area contributed by atoms with Gasteiger partial charge in [0.05, 0.1) is 6.42 Å². The van der Waals surface area contributed by atoms with Gasteiger partial charge in [0.2, 0.25) is 0 Å². The highest BCUT2D eigenvalue weighted by atomic mass is 32.1. The van der Waals surface area contributed by atoms with E-state index in [1.165, 1.54) is 13.8 Å². The van der Waals surface area contributed by atoms with Crippen LogP contribution in [0.4, 0.5) is 0 Å². The largest absolute Gasteiger partial charge is 0.462 e. The molecule has 2 saturated carbocycles. The fourth-order valence-corrected chi connectivity index (χ4v) is 7.89. The highest BCUT2D eigenvalue weighted by molar-refractivity contribution is 7.09.